The monoisotopic (exact) mass is 338 g/mol. The van der Waals surface area contributed by atoms with Crippen molar-refractivity contribution in [3.63, 3.8) is 0 Å². The lowest BCUT2D eigenvalue weighted by molar-refractivity contribution is 0.0575. The Labute approximate surface area is 127 Å². The Hall–Kier alpha value is -0.830. The molecule has 0 saturated carbocycles. The lowest BCUT2D eigenvalue weighted by Gasteiger charge is -2.26. The van der Waals surface area contributed by atoms with E-state index in [0.717, 1.165) is 15.6 Å². The van der Waals surface area contributed by atoms with Crippen molar-refractivity contribution < 1.29 is 5.11 Å². The first-order valence-corrected chi connectivity index (χ1v) is 7.30. The van der Waals surface area contributed by atoms with E-state index in [1.807, 2.05) is 36.4 Å². The van der Waals surface area contributed by atoms with E-state index in [9.17, 15) is 5.11 Å². The summed E-state index contributed by atoms with van der Waals surface area (Å²) >= 11 is 9.61. The van der Waals surface area contributed by atoms with E-state index in [-0.39, 0.29) is 0 Å². The normalized spacial score (nSPS) is 14.2. The zero-order valence-electron chi connectivity index (χ0n) is 11.0. The van der Waals surface area contributed by atoms with Crippen molar-refractivity contribution in [1.82, 2.24) is 0 Å². The van der Waals surface area contributed by atoms with E-state index in [1.54, 1.807) is 6.92 Å². The SMILES string of the molecule is Cc1ccccc1CC(C)(O)c1ccc(Br)cc1Cl. The molecule has 3 heteroatoms. The Bertz CT molecular complexity index is 593. The molecule has 1 nitrogen and oxygen atoms in total. The van der Waals surface area contributed by atoms with Crippen LogP contribution in [-0.2, 0) is 12.0 Å². The molecule has 0 saturated heterocycles. The molecule has 0 bridgehead atoms. The Morgan fingerprint density at radius 1 is 1.21 bits per heavy atom. The summed E-state index contributed by atoms with van der Waals surface area (Å²) in [6.07, 6.45) is 0.543. The van der Waals surface area contributed by atoms with Gasteiger partial charge in [-0.1, -0.05) is 57.9 Å². The van der Waals surface area contributed by atoms with E-state index >= 15 is 0 Å². The molecule has 100 valence electrons. The molecule has 0 radical (unpaired) electrons. The van der Waals surface area contributed by atoms with Gasteiger partial charge in [-0.25, -0.2) is 0 Å². The highest BCUT2D eigenvalue weighted by atomic mass is 79.9. The minimum atomic E-state index is -0.982. The van der Waals surface area contributed by atoms with Crippen LogP contribution in [0, 0.1) is 6.92 Å². The van der Waals surface area contributed by atoms with Crippen LogP contribution in [-0.4, -0.2) is 5.11 Å². The zero-order valence-corrected chi connectivity index (χ0v) is 13.3. The largest absolute Gasteiger partial charge is 0.385 e. The van der Waals surface area contributed by atoms with Crippen molar-refractivity contribution >= 4 is 27.5 Å². The molecule has 0 amide bonds. The standard InChI is InChI=1S/C16H16BrClO/c1-11-5-3-4-6-12(11)10-16(2,19)14-8-7-13(17)9-15(14)18/h3-9,19H,10H2,1-2H3. The molecule has 0 aliphatic heterocycles. The van der Waals surface area contributed by atoms with Gasteiger partial charge < -0.3 is 5.11 Å². The minimum Gasteiger partial charge on any atom is -0.385 e. The summed E-state index contributed by atoms with van der Waals surface area (Å²) in [7, 11) is 0. The van der Waals surface area contributed by atoms with Gasteiger partial charge >= 0.3 is 0 Å². The van der Waals surface area contributed by atoms with Crippen LogP contribution in [0.25, 0.3) is 0 Å². The number of aliphatic hydroxyl groups is 1. The van der Waals surface area contributed by atoms with Gasteiger partial charge in [-0.2, -0.15) is 0 Å². The average Bonchev–Trinajstić information content (AvgIpc) is 2.31. The highest BCUT2D eigenvalue weighted by Crippen LogP contribution is 2.33. The van der Waals surface area contributed by atoms with Gasteiger partial charge in [-0.3, -0.25) is 0 Å². The third kappa shape index (κ3) is 3.38. The van der Waals surface area contributed by atoms with Crippen molar-refractivity contribution in [2.45, 2.75) is 25.9 Å². The van der Waals surface area contributed by atoms with Crippen molar-refractivity contribution in [3.8, 4) is 0 Å². The third-order valence-electron chi connectivity index (χ3n) is 3.31. The molecule has 0 spiro atoms. The summed E-state index contributed by atoms with van der Waals surface area (Å²) in [6.45, 7) is 3.85. The maximum atomic E-state index is 10.7. The molecule has 1 atom stereocenters. The smallest absolute Gasteiger partial charge is 0.0923 e. The predicted molar refractivity (Wildman–Crippen MR) is 83.6 cm³/mol. The number of rotatable bonds is 3. The van der Waals surface area contributed by atoms with Crippen LogP contribution in [0.5, 0.6) is 0 Å². The molecule has 19 heavy (non-hydrogen) atoms. The zero-order chi connectivity index (χ0) is 14.0. The van der Waals surface area contributed by atoms with Gasteiger partial charge in [0.15, 0.2) is 0 Å². The van der Waals surface area contributed by atoms with Crippen LogP contribution < -0.4 is 0 Å². The van der Waals surface area contributed by atoms with Crippen molar-refractivity contribution in [2.24, 2.45) is 0 Å². The fourth-order valence-corrected chi connectivity index (χ4v) is 3.08. The topological polar surface area (TPSA) is 20.2 Å². The minimum absolute atomic E-state index is 0.543. The van der Waals surface area contributed by atoms with Crippen LogP contribution in [0.3, 0.4) is 0 Å². The molecule has 2 aromatic carbocycles. The predicted octanol–water partition coefficient (Wildman–Crippen LogP) is 4.86. The molecule has 1 unspecified atom stereocenters. The maximum absolute atomic E-state index is 10.7. The van der Waals surface area contributed by atoms with Crippen molar-refractivity contribution in [1.29, 1.82) is 0 Å². The van der Waals surface area contributed by atoms with Crippen LogP contribution in [0.2, 0.25) is 5.02 Å². The Kier molecular flexibility index (Phi) is 4.34. The second-order valence-corrected chi connectivity index (χ2v) is 6.32. The number of benzene rings is 2. The van der Waals surface area contributed by atoms with Gasteiger partial charge in [0.05, 0.1) is 5.60 Å². The fourth-order valence-electron chi connectivity index (χ4n) is 2.20. The quantitative estimate of drug-likeness (QED) is 0.846. The van der Waals surface area contributed by atoms with Gasteiger partial charge in [0.25, 0.3) is 0 Å². The number of halogens is 2. The molecule has 0 heterocycles. The van der Waals surface area contributed by atoms with Crippen molar-refractivity contribution in [3.05, 3.63) is 68.7 Å². The van der Waals surface area contributed by atoms with Crippen LogP contribution >= 0.6 is 27.5 Å². The third-order valence-corrected chi connectivity index (χ3v) is 4.11. The summed E-state index contributed by atoms with van der Waals surface area (Å²) < 4.78 is 0.910. The Morgan fingerprint density at radius 2 is 1.89 bits per heavy atom. The number of hydrogen-bond acceptors (Lipinski definition) is 1. The second-order valence-electron chi connectivity index (χ2n) is 5.00. The first-order chi connectivity index (χ1) is 8.90. The molecule has 0 aromatic heterocycles. The van der Waals surface area contributed by atoms with Gasteiger partial charge in [-0.05, 0) is 37.1 Å². The molecular weight excluding hydrogens is 324 g/mol. The average molecular weight is 340 g/mol. The lowest BCUT2D eigenvalue weighted by atomic mass is 9.87. The molecule has 1 N–H and O–H groups in total. The van der Waals surface area contributed by atoms with Crippen LogP contribution in [0.4, 0.5) is 0 Å². The molecular formula is C16H16BrClO. The lowest BCUT2D eigenvalue weighted by Crippen LogP contribution is -2.25. The molecule has 0 fully saturated rings. The second kappa shape index (κ2) is 5.66. The fraction of sp³-hybridized carbons (Fsp3) is 0.250. The summed E-state index contributed by atoms with van der Waals surface area (Å²) in [6, 6.07) is 13.6. The van der Waals surface area contributed by atoms with Gasteiger partial charge in [0.2, 0.25) is 0 Å². The Morgan fingerprint density at radius 3 is 2.53 bits per heavy atom. The molecule has 2 rings (SSSR count). The van der Waals surface area contributed by atoms with E-state index in [0.29, 0.717) is 11.4 Å². The van der Waals surface area contributed by atoms with E-state index in [2.05, 4.69) is 28.9 Å². The molecule has 2 aromatic rings. The van der Waals surface area contributed by atoms with Crippen LogP contribution in [0.15, 0.2) is 46.9 Å². The first kappa shape index (κ1) is 14.6. The highest BCUT2D eigenvalue weighted by molar-refractivity contribution is 9.10. The maximum Gasteiger partial charge on any atom is 0.0923 e. The summed E-state index contributed by atoms with van der Waals surface area (Å²) in [5, 5.41) is 11.3. The highest BCUT2D eigenvalue weighted by Gasteiger charge is 2.26. The van der Waals surface area contributed by atoms with Gasteiger partial charge in [0, 0.05) is 21.5 Å². The number of aryl methyl sites for hydroxylation is 1. The van der Waals surface area contributed by atoms with Gasteiger partial charge in [0.1, 0.15) is 0 Å². The van der Waals surface area contributed by atoms with Crippen molar-refractivity contribution in [2.75, 3.05) is 0 Å². The van der Waals surface area contributed by atoms with E-state index < -0.39 is 5.60 Å². The van der Waals surface area contributed by atoms with Gasteiger partial charge in [-0.15, -0.1) is 0 Å². The van der Waals surface area contributed by atoms with E-state index in [1.165, 1.54) is 5.56 Å². The molecule has 0 aliphatic carbocycles. The Balaban J connectivity index is 2.35. The summed E-state index contributed by atoms with van der Waals surface area (Å²) in [5.41, 5.74) is 2.08. The van der Waals surface area contributed by atoms with E-state index in [4.69, 9.17) is 11.6 Å². The number of hydrogen-bond donors (Lipinski definition) is 1. The molecule has 0 aliphatic rings. The first-order valence-electron chi connectivity index (χ1n) is 6.12. The summed E-state index contributed by atoms with van der Waals surface area (Å²) in [5.74, 6) is 0. The summed E-state index contributed by atoms with van der Waals surface area (Å²) in [4.78, 5) is 0. The van der Waals surface area contributed by atoms with Crippen LogP contribution in [0.1, 0.15) is 23.6 Å².